The fourth-order valence-electron chi connectivity index (χ4n) is 3.10. The summed E-state index contributed by atoms with van der Waals surface area (Å²) in [4.78, 5) is 25.4. The number of sulfonamides is 1. The second kappa shape index (κ2) is 10.0. The lowest BCUT2D eigenvalue weighted by atomic mass is 10.1. The molecule has 1 amide bonds. The summed E-state index contributed by atoms with van der Waals surface area (Å²) >= 11 is 0. The molecular weight excluding hydrogens is 450 g/mol. The van der Waals surface area contributed by atoms with Gasteiger partial charge in [0.15, 0.2) is 17.4 Å². The molecule has 0 heterocycles. The topological polar surface area (TPSA) is 83.5 Å². The number of amides is 1. The Balaban J connectivity index is 1.61. The summed E-state index contributed by atoms with van der Waals surface area (Å²) in [6.45, 7) is 1.51. The monoisotopic (exact) mass is 472 g/mol. The molecule has 33 heavy (non-hydrogen) atoms. The number of nitrogens with one attached hydrogen (secondary N) is 1. The molecule has 3 aromatic rings. The summed E-state index contributed by atoms with van der Waals surface area (Å²) in [6.07, 6.45) is 0. The third-order valence-electron chi connectivity index (χ3n) is 4.99. The summed E-state index contributed by atoms with van der Waals surface area (Å²) in [5.74, 6) is -2.41. The van der Waals surface area contributed by atoms with Gasteiger partial charge in [-0.1, -0.05) is 30.3 Å². The number of carbonyl (C=O) groups excluding carboxylic acids is 2. The Labute approximate surface area is 190 Å². The van der Waals surface area contributed by atoms with Gasteiger partial charge in [-0.25, -0.2) is 21.9 Å². The van der Waals surface area contributed by atoms with Crippen LogP contribution in [0.3, 0.4) is 0 Å². The zero-order valence-corrected chi connectivity index (χ0v) is 18.8. The highest BCUT2D eigenvalue weighted by molar-refractivity contribution is 7.89. The van der Waals surface area contributed by atoms with Crippen LogP contribution in [0.1, 0.15) is 38.8 Å². The largest absolute Gasteiger partial charge is 0.337 e. The number of Topliss-reactive ketones (excluding diaryl/α,β-unsaturated/α-hetero) is 1. The maximum Gasteiger partial charge on any atom is 0.253 e. The van der Waals surface area contributed by atoms with Crippen molar-refractivity contribution >= 4 is 21.7 Å². The Morgan fingerprint density at radius 2 is 1.42 bits per heavy atom. The van der Waals surface area contributed by atoms with Crippen LogP contribution in [0, 0.1) is 11.6 Å². The Morgan fingerprint density at radius 1 is 0.848 bits per heavy atom. The van der Waals surface area contributed by atoms with E-state index in [1.165, 1.54) is 42.2 Å². The lowest BCUT2D eigenvalue weighted by Gasteiger charge is -2.18. The molecular formula is C24H22F2N2O4S. The molecule has 0 atom stereocenters. The molecule has 0 radical (unpaired) electrons. The van der Waals surface area contributed by atoms with Gasteiger partial charge in [-0.2, -0.15) is 0 Å². The van der Waals surface area contributed by atoms with Crippen LogP contribution < -0.4 is 4.72 Å². The third kappa shape index (κ3) is 6.09. The first-order valence-electron chi connectivity index (χ1n) is 9.96. The first-order chi connectivity index (χ1) is 15.6. The van der Waals surface area contributed by atoms with E-state index in [0.29, 0.717) is 22.3 Å². The van der Waals surface area contributed by atoms with Gasteiger partial charge >= 0.3 is 0 Å². The summed E-state index contributed by atoms with van der Waals surface area (Å²) in [5, 5.41) is 0. The van der Waals surface area contributed by atoms with E-state index in [1.54, 1.807) is 31.3 Å². The highest BCUT2D eigenvalue weighted by Crippen LogP contribution is 2.15. The van der Waals surface area contributed by atoms with Crippen molar-refractivity contribution in [2.45, 2.75) is 24.9 Å². The molecule has 1 N–H and O–H groups in total. The average Bonchev–Trinajstić information content (AvgIpc) is 2.80. The zero-order chi connectivity index (χ0) is 24.2. The molecule has 0 aliphatic heterocycles. The highest BCUT2D eigenvalue weighted by Gasteiger charge is 2.16. The minimum Gasteiger partial charge on any atom is -0.337 e. The quantitative estimate of drug-likeness (QED) is 0.504. The molecule has 0 saturated heterocycles. The molecule has 0 aromatic heterocycles. The maximum atomic E-state index is 13.4. The minimum atomic E-state index is -3.78. The smallest absolute Gasteiger partial charge is 0.253 e. The number of nitrogens with zero attached hydrogens (tertiary/aromatic N) is 1. The Kier molecular flexibility index (Phi) is 7.35. The van der Waals surface area contributed by atoms with Crippen LogP contribution in [0.2, 0.25) is 0 Å². The van der Waals surface area contributed by atoms with Crippen molar-refractivity contribution in [3.8, 4) is 0 Å². The molecule has 0 aliphatic rings. The van der Waals surface area contributed by atoms with E-state index in [-0.39, 0.29) is 29.7 Å². The number of carbonyl (C=O) groups is 2. The number of rotatable bonds is 8. The number of halogens is 2. The highest BCUT2D eigenvalue weighted by atomic mass is 32.2. The lowest BCUT2D eigenvalue weighted by Crippen LogP contribution is -2.26. The van der Waals surface area contributed by atoms with E-state index in [9.17, 15) is 26.8 Å². The molecule has 9 heteroatoms. The van der Waals surface area contributed by atoms with Crippen LogP contribution in [-0.2, 0) is 23.1 Å². The Bertz CT molecular complexity index is 1270. The maximum absolute atomic E-state index is 13.4. The van der Waals surface area contributed by atoms with Gasteiger partial charge in [-0.15, -0.1) is 0 Å². The van der Waals surface area contributed by atoms with Crippen LogP contribution in [0.25, 0.3) is 0 Å². The van der Waals surface area contributed by atoms with E-state index < -0.39 is 21.7 Å². The number of ketones is 1. The molecule has 0 bridgehead atoms. The van der Waals surface area contributed by atoms with E-state index in [1.807, 2.05) is 0 Å². The van der Waals surface area contributed by atoms with Crippen LogP contribution in [0.15, 0.2) is 71.6 Å². The summed E-state index contributed by atoms with van der Waals surface area (Å²) in [5.41, 5.74) is 1.88. The van der Waals surface area contributed by atoms with Crippen LogP contribution in [0.5, 0.6) is 0 Å². The second-order valence-electron chi connectivity index (χ2n) is 7.51. The van der Waals surface area contributed by atoms with E-state index in [4.69, 9.17) is 0 Å². The summed E-state index contributed by atoms with van der Waals surface area (Å²) in [7, 11) is -2.23. The SMILES string of the molecule is CC(=O)c1ccc(S(=O)(=O)NCc2ccc(C(=O)N(C)Cc3ccc(F)c(F)c3)cc2)cc1. The van der Waals surface area contributed by atoms with Crippen molar-refractivity contribution in [1.82, 2.24) is 9.62 Å². The summed E-state index contributed by atoms with van der Waals surface area (Å²) in [6, 6.07) is 15.5. The van der Waals surface area contributed by atoms with Crippen molar-refractivity contribution in [3.63, 3.8) is 0 Å². The predicted molar refractivity (Wildman–Crippen MR) is 119 cm³/mol. The van der Waals surface area contributed by atoms with Gasteiger partial charge in [0, 0.05) is 31.3 Å². The van der Waals surface area contributed by atoms with E-state index in [0.717, 1.165) is 12.1 Å². The number of benzene rings is 3. The van der Waals surface area contributed by atoms with Crippen LogP contribution in [-0.4, -0.2) is 32.1 Å². The van der Waals surface area contributed by atoms with Crippen LogP contribution in [0.4, 0.5) is 8.78 Å². The van der Waals surface area contributed by atoms with Crippen molar-refractivity contribution < 1.29 is 26.8 Å². The number of hydrogen-bond donors (Lipinski definition) is 1. The minimum absolute atomic E-state index is 0.00988. The predicted octanol–water partition coefficient (Wildman–Crippen LogP) is 3.92. The fraction of sp³-hybridized carbons (Fsp3) is 0.167. The normalized spacial score (nSPS) is 11.3. The molecule has 0 unspecified atom stereocenters. The van der Waals surface area contributed by atoms with Crippen molar-refractivity contribution in [3.05, 3.63) is 101 Å². The Morgan fingerprint density at radius 3 is 2.00 bits per heavy atom. The van der Waals surface area contributed by atoms with Crippen molar-refractivity contribution in [1.29, 1.82) is 0 Å². The van der Waals surface area contributed by atoms with E-state index in [2.05, 4.69) is 4.72 Å². The Hall–Kier alpha value is -3.43. The fourth-order valence-corrected chi connectivity index (χ4v) is 4.12. The first-order valence-corrected chi connectivity index (χ1v) is 11.4. The molecule has 0 fully saturated rings. The molecule has 0 spiro atoms. The van der Waals surface area contributed by atoms with Gasteiger partial charge in [-0.3, -0.25) is 9.59 Å². The second-order valence-corrected chi connectivity index (χ2v) is 9.28. The van der Waals surface area contributed by atoms with Gasteiger partial charge in [-0.05, 0) is 54.4 Å². The molecule has 0 saturated carbocycles. The van der Waals surface area contributed by atoms with Crippen molar-refractivity contribution in [2.24, 2.45) is 0 Å². The molecule has 172 valence electrons. The van der Waals surface area contributed by atoms with Crippen LogP contribution >= 0.6 is 0 Å². The van der Waals surface area contributed by atoms with Gasteiger partial charge in [0.2, 0.25) is 10.0 Å². The average molecular weight is 473 g/mol. The van der Waals surface area contributed by atoms with Gasteiger partial charge in [0.1, 0.15) is 0 Å². The van der Waals surface area contributed by atoms with Gasteiger partial charge in [0.25, 0.3) is 5.91 Å². The molecule has 3 rings (SSSR count). The lowest BCUT2D eigenvalue weighted by molar-refractivity contribution is 0.0784. The van der Waals surface area contributed by atoms with E-state index >= 15 is 0 Å². The zero-order valence-electron chi connectivity index (χ0n) is 18.0. The number of hydrogen-bond acceptors (Lipinski definition) is 4. The standard InChI is InChI=1S/C24H22F2N2O4S/c1-16(29)19-8-10-21(11-9-19)33(31,32)27-14-17-3-6-20(7-4-17)24(30)28(2)15-18-5-12-22(25)23(26)13-18/h3-13,27H,14-15H2,1-2H3. The van der Waals surface area contributed by atoms with Gasteiger partial charge < -0.3 is 4.90 Å². The third-order valence-corrected chi connectivity index (χ3v) is 6.41. The van der Waals surface area contributed by atoms with Gasteiger partial charge in [0.05, 0.1) is 4.90 Å². The molecule has 0 aliphatic carbocycles. The molecule has 6 nitrogen and oxygen atoms in total. The molecule has 3 aromatic carbocycles. The summed E-state index contributed by atoms with van der Waals surface area (Å²) < 4.78 is 53.8. The van der Waals surface area contributed by atoms with Crippen molar-refractivity contribution in [2.75, 3.05) is 7.05 Å². The first kappa shape index (κ1) is 24.2.